The van der Waals surface area contributed by atoms with E-state index in [2.05, 4.69) is 67.8 Å². The first-order valence-electron chi connectivity index (χ1n) is 39.5. The summed E-state index contributed by atoms with van der Waals surface area (Å²) in [7, 11) is 0. The number of aliphatic hydroxyl groups is 11. The summed E-state index contributed by atoms with van der Waals surface area (Å²) in [6.45, 7) is 1.73. The van der Waals surface area contributed by atoms with E-state index in [1.54, 1.807) is 6.08 Å². The summed E-state index contributed by atoms with van der Waals surface area (Å²) in [5.74, 6) is -0.291. The predicted octanol–water partition coefficient (Wildman–Crippen LogP) is 12.7. The highest BCUT2D eigenvalue weighted by molar-refractivity contribution is 5.76. The molecule has 98 heavy (non-hydrogen) atoms. The van der Waals surface area contributed by atoms with Crippen LogP contribution in [0.5, 0.6) is 0 Å². The second-order valence-electron chi connectivity index (χ2n) is 28.2. The van der Waals surface area contributed by atoms with E-state index in [0.29, 0.717) is 12.8 Å². The number of hydrogen-bond acceptors (Lipinski definition) is 18. The van der Waals surface area contributed by atoms with Crippen LogP contribution in [-0.4, -0.2) is 193 Å². The first kappa shape index (κ1) is 89.7. The molecule has 19 nitrogen and oxygen atoms in total. The molecule has 0 radical (unpaired) electrons. The first-order valence-corrected chi connectivity index (χ1v) is 39.5. The van der Waals surface area contributed by atoms with Gasteiger partial charge in [-0.25, -0.2) is 0 Å². The Morgan fingerprint density at radius 1 is 0.367 bits per heavy atom. The maximum atomic E-state index is 13.5. The molecule has 3 aliphatic heterocycles. The molecule has 0 aromatic carbocycles. The smallest absolute Gasteiger partial charge is 0.220 e. The Balaban J connectivity index is 1.40. The van der Waals surface area contributed by atoms with Crippen molar-refractivity contribution in [1.29, 1.82) is 0 Å². The van der Waals surface area contributed by atoms with E-state index in [1.165, 1.54) is 205 Å². The number of carbonyl (C=O) groups is 1. The molecule has 0 aromatic rings. The van der Waals surface area contributed by atoms with Gasteiger partial charge in [-0.05, 0) is 70.6 Å². The number of rotatable bonds is 62. The van der Waals surface area contributed by atoms with Gasteiger partial charge in [0.15, 0.2) is 18.9 Å². The van der Waals surface area contributed by atoms with E-state index in [-0.39, 0.29) is 18.9 Å². The molecule has 17 unspecified atom stereocenters. The van der Waals surface area contributed by atoms with Crippen LogP contribution in [0.25, 0.3) is 0 Å². The molecule has 3 rings (SSSR count). The van der Waals surface area contributed by atoms with Gasteiger partial charge in [-0.2, -0.15) is 0 Å². The molecule has 572 valence electrons. The van der Waals surface area contributed by atoms with Crippen molar-refractivity contribution in [2.75, 3.05) is 26.4 Å². The molecule has 0 bridgehead atoms. The number of aliphatic hydroxyl groups excluding tert-OH is 11. The lowest BCUT2D eigenvalue weighted by Crippen LogP contribution is -2.66. The third kappa shape index (κ3) is 39.9. The normalized spacial score (nSPS) is 27.1. The Kier molecular flexibility index (Phi) is 54.8. The van der Waals surface area contributed by atoms with Crippen molar-refractivity contribution in [2.24, 2.45) is 0 Å². The monoisotopic (exact) mass is 1390 g/mol. The van der Waals surface area contributed by atoms with E-state index in [0.717, 1.165) is 64.2 Å². The van der Waals surface area contributed by atoms with Crippen LogP contribution in [0.15, 0.2) is 60.8 Å². The van der Waals surface area contributed by atoms with Crippen LogP contribution in [0.2, 0.25) is 0 Å². The SMILES string of the molecule is CCCCCCC/C=C\C/C=C\C/C=C\CCCCCCCCCCC(=O)NC(COC1OC(CO)C(OC2OC(CO)C(OC3OC(CO)C(O)C(O)C3O)C(O)C2O)C(O)C1O)C(O)/C=C/CC/C=C/CCCCCCCCCCCCCCCCCCCCCCCCCC. The van der Waals surface area contributed by atoms with E-state index in [9.17, 15) is 61.0 Å². The van der Waals surface area contributed by atoms with Crippen LogP contribution in [0.4, 0.5) is 0 Å². The van der Waals surface area contributed by atoms with Crippen LogP contribution < -0.4 is 5.32 Å². The van der Waals surface area contributed by atoms with Crippen LogP contribution in [0.3, 0.4) is 0 Å². The van der Waals surface area contributed by atoms with Gasteiger partial charge < -0.3 is 89.9 Å². The molecule has 12 N–H and O–H groups in total. The van der Waals surface area contributed by atoms with Crippen molar-refractivity contribution in [3.05, 3.63) is 60.8 Å². The quantitative estimate of drug-likeness (QED) is 0.0199. The fourth-order valence-corrected chi connectivity index (χ4v) is 13.2. The minimum Gasteiger partial charge on any atom is -0.394 e. The number of hydrogen-bond donors (Lipinski definition) is 12. The minimum absolute atomic E-state index is 0.225. The summed E-state index contributed by atoms with van der Waals surface area (Å²) < 4.78 is 34.4. The lowest BCUT2D eigenvalue weighted by atomic mass is 9.96. The van der Waals surface area contributed by atoms with Crippen molar-refractivity contribution in [1.82, 2.24) is 5.32 Å². The summed E-state index contributed by atoms with van der Waals surface area (Å²) >= 11 is 0. The molecule has 3 heterocycles. The molecule has 0 aliphatic carbocycles. The zero-order chi connectivity index (χ0) is 71.1. The Bertz CT molecular complexity index is 2010. The number of ether oxygens (including phenoxy) is 6. The number of carbonyl (C=O) groups excluding carboxylic acids is 1. The van der Waals surface area contributed by atoms with E-state index in [4.69, 9.17) is 28.4 Å². The lowest BCUT2D eigenvalue weighted by molar-refractivity contribution is -0.379. The van der Waals surface area contributed by atoms with Crippen molar-refractivity contribution in [2.45, 2.75) is 407 Å². The third-order valence-corrected chi connectivity index (χ3v) is 19.5. The molecular formula is C79H143NO18. The van der Waals surface area contributed by atoms with E-state index >= 15 is 0 Å². The fourth-order valence-electron chi connectivity index (χ4n) is 13.2. The largest absolute Gasteiger partial charge is 0.394 e. The molecule has 17 atom stereocenters. The number of allylic oxidation sites excluding steroid dienone is 9. The molecule has 0 spiro atoms. The topological polar surface area (TPSA) is 307 Å². The van der Waals surface area contributed by atoms with Gasteiger partial charge in [0, 0.05) is 6.42 Å². The van der Waals surface area contributed by atoms with Crippen LogP contribution in [0.1, 0.15) is 303 Å². The average Bonchev–Trinajstić information content (AvgIpc) is 0.785. The highest BCUT2D eigenvalue weighted by Crippen LogP contribution is 2.33. The molecular weight excluding hydrogens is 1250 g/mol. The summed E-state index contributed by atoms with van der Waals surface area (Å²) in [5, 5.41) is 121. The van der Waals surface area contributed by atoms with Gasteiger partial charge in [0.2, 0.25) is 5.91 Å². The highest BCUT2D eigenvalue weighted by Gasteiger charge is 2.53. The average molecular weight is 1400 g/mol. The maximum absolute atomic E-state index is 13.5. The van der Waals surface area contributed by atoms with Gasteiger partial charge in [-0.1, -0.05) is 286 Å². The zero-order valence-corrected chi connectivity index (χ0v) is 61.0. The number of unbranched alkanes of at least 4 members (excludes halogenated alkanes) is 38. The Labute approximate surface area is 592 Å². The summed E-state index contributed by atoms with van der Waals surface area (Å²) in [6.07, 6.45) is 49.2. The summed E-state index contributed by atoms with van der Waals surface area (Å²) in [6, 6.07) is -0.999. The minimum atomic E-state index is -1.98. The maximum Gasteiger partial charge on any atom is 0.220 e. The molecule has 0 aromatic heterocycles. The molecule has 0 saturated carbocycles. The van der Waals surface area contributed by atoms with Crippen molar-refractivity contribution >= 4 is 5.91 Å². The molecule has 1 amide bonds. The van der Waals surface area contributed by atoms with Gasteiger partial charge in [0.1, 0.15) is 73.2 Å². The Hall–Kier alpha value is -2.51. The first-order chi connectivity index (χ1) is 47.8. The van der Waals surface area contributed by atoms with Crippen LogP contribution >= 0.6 is 0 Å². The van der Waals surface area contributed by atoms with Gasteiger partial charge in [-0.15, -0.1) is 0 Å². The second-order valence-corrected chi connectivity index (χ2v) is 28.2. The zero-order valence-electron chi connectivity index (χ0n) is 61.0. The highest BCUT2D eigenvalue weighted by atomic mass is 16.8. The molecule has 3 saturated heterocycles. The van der Waals surface area contributed by atoms with E-state index in [1.807, 2.05) is 6.08 Å². The fraction of sp³-hybridized carbons (Fsp3) is 0.861. The van der Waals surface area contributed by atoms with Gasteiger partial charge in [0.05, 0.1) is 38.6 Å². The number of amides is 1. The standard InChI is InChI=1S/C79H143NO18/c1-3-5-7-9-11-13-15-17-19-21-23-25-27-28-29-30-31-32-33-35-36-38-40-42-44-46-48-50-52-54-56-63(84)62(80-67(85)57-55-53-51-49-47-45-43-41-39-37-34-26-24-22-20-18-16-14-12-10-8-6-4-2)61-93-77-73(91)70(88)75(65(59-82)95-77)98-79-74(92)71(89)76(66(60-83)96-79)97-78-72(90)69(87)68(86)64(58-81)94-78/h16,18,22,24,34,37,46,48,54,56,62-66,68-79,81-84,86-92H,3-15,17,19-21,23,25-33,35-36,38-45,47,49-53,55,57-61H2,1-2H3,(H,80,85)/b18-16-,24-22-,37-34-,48-46+,56-54+. The van der Waals surface area contributed by atoms with Gasteiger partial charge >= 0.3 is 0 Å². The summed E-state index contributed by atoms with van der Waals surface area (Å²) in [5.41, 5.74) is 0. The Morgan fingerprint density at radius 2 is 0.684 bits per heavy atom. The molecule has 3 aliphatic rings. The third-order valence-electron chi connectivity index (χ3n) is 19.5. The van der Waals surface area contributed by atoms with Crippen LogP contribution in [0, 0.1) is 0 Å². The van der Waals surface area contributed by atoms with Gasteiger partial charge in [-0.3, -0.25) is 4.79 Å². The summed E-state index contributed by atoms with van der Waals surface area (Å²) in [4.78, 5) is 13.5. The Morgan fingerprint density at radius 3 is 1.09 bits per heavy atom. The van der Waals surface area contributed by atoms with Gasteiger partial charge in [0.25, 0.3) is 0 Å². The lowest BCUT2D eigenvalue weighted by Gasteiger charge is -2.48. The molecule has 19 heteroatoms. The van der Waals surface area contributed by atoms with Crippen molar-refractivity contribution < 1.29 is 89.4 Å². The second kappa shape index (κ2) is 59.8. The molecule has 3 fully saturated rings. The van der Waals surface area contributed by atoms with Crippen LogP contribution in [-0.2, 0) is 33.2 Å². The van der Waals surface area contributed by atoms with Crippen molar-refractivity contribution in [3.8, 4) is 0 Å². The number of nitrogens with one attached hydrogen (secondary N) is 1. The van der Waals surface area contributed by atoms with E-state index < -0.39 is 124 Å². The predicted molar refractivity (Wildman–Crippen MR) is 388 cm³/mol. The van der Waals surface area contributed by atoms with Crippen molar-refractivity contribution in [3.63, 3.8) is 0 Å².